The van der Waals surface area contributed by atoms with Gasteiger partial charge in [-0.3, -0.25) is 11.1 Å². The number of benzene rings is 2. The second kappa shape index (κ2) is 9.99. The molecule has 1 aliphatic heterocycles. The number of nitrogens with zero attached hydrogens (tertiary/aromatic N) is 1. The molecule has 1 aliphatic rings. The standard InChI is InChI=1S/C22H28ClN3O4S/c1-2-3-6-17-9-11-18(12-10-17)25-21(27)30-22(24)13-15-26(16-14-22)31(28,29)20-8-5-4-7-19(20)23/h4-5,7-12H,2-3,6,13-16,24H2,1H3,(H,25,27). The van der Waals surface area contributed by atoms with Crippen LogP contribution in [0.1, 0.15) is 38.2 Å². The Bertz CT molecular complexity index is 1000. The Hall–Kier alpha value is -2.13. The van der Waals surface area contributed by atoms with Crippen molar-refractivity contribution in [3.05, 3.63) is 59.1 Å². The molecule has 9 heteroatoms. The van der Waals surface area contributed by atoms with Gasteiger partial charge < -0.3 is 4.74 Å². The highest BCUT2D eigenvalue weighted by Gasteiger charge is 2.39. The van der Waals surface area contributed by atoms with E-state index in [9.17, 15) is 13.2 Å². The number of hydrogen-bond acceptors (Lipinski definition) is 5. The molecule has 0 bridgehead atoms. The van der Waals surface area contributed by atoms with Crippen molar-refractivity contribution in [1.82, 2.24) is 4.31 Å². The summed E-state index contributed by atoms with van der Waals surface area (Å²) < 4.78 is 32.5. The average Bonchev–Trinajstić information content (AvgIpc) is 2.73. The number of carbonyl (C=O) groups is 1. The van der Waals surface area contributed by atoms with E-state index in [0.717, 1.165) is 19.3 Å². The van der Waals surface area contributed by atoms with E-state index in [1.54, 1.807) is 12.1 Å². The zero-order valence-corrected chi connectivity index (χ0v) is 19.1. The normalized spacial score (nSPS) is 16.6. The van der Waals surface area contributed by atoms with Crippen LogP contribution in [-0.4, -0.2) is 37.6 Å². The molecule has 1 fully saturated rings. The number of anilines is 1. The van der Waals surface area contributed by atoms with Crippen LogP contribution in [0.2, 0.25) is 5.02 Å². The molecule has 3 rings (SSSR count). The molecule has 1 amide bonds. The first kappa shape index (κ1) is 23.5. The van der Waals surface area contributed by atoms with Crippen LogP contribution in [0.5, 0.6) is 0 Å². The van der Waals surface area contributed by atoms with Crippen molar-refractivity contribution < 1.29 is 17.9 Å². The average molecular weight is 466 g/mol. The quantitative estimate of drug-likeness (QED) is 0.591. The van der Waals surface area contributed by atoms with Gasteiger partial charge >= 0.3 is 6.09 Å². The Labute approximate surface area is 188 Å². The molecule has 0 saturated carbocycles. The maximum absolute atomic E-state index is 12.9. The third-order valence-electron chi connectivity index (χ3n) is 5.34. The Morgan fingerprint density at radius 1 is 1.16 bits per heavy atom. The van der Waals surface area contributed by atoms with Crippen molar-refractivity contribution in [3.8, 4) is 0 Å². The number of piperidine rings is 1. The minimum Gasteiger partial charge on any atom is -0.428 e. The van der Waals surface area contributed by atoms with E-state index in [-0.39, 0.29) is 35.8 Å². The van der Waals surface area contributed by atoms with Crippen LogP contribution in [-0.2, 0) is 21.2 Å². The Kier molecular flexibility index (Phi) is 7.59. The van der Waals surface area contributed by atoms with Crippen molar-refractivity contribution in [2.45, 2.75) is 49.6 Å². The number of aryl methyl sites for hydroxylation is 1. The molecule has 0 aliphatic carbocycles. The van der Waals surface area contributed by atoms with Crippen molar-refractivity contribution in [2.24, 2.45) is 5.73 Å². The lowest BCUT2D eigenvalue weighted by Gasteiger charge is -2.37. The second-order valence-electron chi connectivity index (χ2n) is 7.71. The van der Waals surface area contributed by atoms with E-state index < -0.39 is 21.8 Å². The van der Waals surface area contributed by atoms with Gasteiger partial charge in [0, 0.05) is 31.6 Å². The number of amides is 1. The van der Waals surface area contributed by atoms with Gasteiger partial charge in [0.2, 0.25) is 10.0 Å². The van der Waals surface area contributed by atoms with Gasteiger partial charge in [0.15, 0.2) is 5.72 Å². The third-order valence-corrected chi connectivity index (χ3v) is 7.74. The molecule has 0 aromatic heterocycles. The fraction of sp³-hybridized carbons (Fsp3) is 0.409. The zero-order chi connectivity index (χ0) is 22.5. The van der Waals surface area contributed by atoms with Crippen LogP contribution in [0, 0.1) is 0 Å². The molecule has 168 valence electrons. The van der Waals surface area contributed by atoms with Crippen molar-refractivity contribution >= 4 is 33.4 Å². The van der Waals surface area contributed by atoms with Crippen LogP contribution in [0.15, 0.2) is 53.4 Å². The summed E-state index contributed by atoms with van der Waals surface area (Å²) in [5, 5.41) is 2.85. The van der Waals surface area contributed by atoms with Gasteiger partial charge in [-0.1, -0.05) is 49.2 Å². The SMILES string of the molecule is CCCCc1ccc(NC(=O)OC2(N)CCN(S(=O)(=O)c3ccccc3Cl)CC2)cc1. The highest BCUT2D eigenvalue weighted by Crippen LogP contribution is 2.29. The molecule has 7 nitrogen and oxygen atoms in total. The minimum atomic E-state index is -3.74. The molecular formula is C22H28ClN3O4S. The Morgan fingerprint density at radius 2 is 1.81 bits per heavy atom. The fourth-order valence-corrected chi connectivity index (χ4v) is 5.40. The lowest BCUT2D eigenvalue weighted by atomic mass is 10.0. The summed E-state index contributed by atoms with van der Waals surface area (Å²) in [6, 6.07) is 13.9. The number of ether oxygens (including phenoxy) is 1. The van der Waals surface area contributed by atoms with Crippen molar-refractivity contribution in [2.75, 3.05) is 18.4 Å². The van der Waals surface area contributed by atoms with Gasteiger partial charge in [-0.25, -0.2) is 13.2 Å². The van der Waals surface area contributed by atoms with E-state index in [1.807, 2.05) is 24.3 Å². The lowest BCUT2D eigenvalue weighted by molar-refractivity contribution is -0.0116. The topological polar surface area (TPSA) is 102 Å². The van der Waals surface area contributed by atoms with Crippen molar-refractivity contribution in [3.63, 3.8) is 0 Å². The summed E-state index contributed by atoms with van der Waals surface area (Å²) in [5.41, 5.74) is 6.83. The highest BCUT2D eigenvalue weighted by atomic mass is 35.5. The number of hydrogen-bond donors (Lipinski definition) is 2. The molecule has 31 heavy (non-hydrogen) atoms. The monoisotopic (exact) mass is 465 g/mol. The Morgan fingerprint density at radius 3 is 2.42 bits per heavy atom. The van der Waals surface area contributed by atoms with E-state index in [1.165, 1.54) is 22.0 Å². The lowest BCUT2D eigenvalue weighted by Crippen LogP contribution is -2.54. The maximum atomic E-state index is 12.9. The predicted molar refractivity (Wildman–Crippen MR) is 122 cm³/mol. The highest BCUT2D eigenvalue weighted by molar-refractivity contribution is 7.89. The van der Waals surface area contributed by atoms with E-state index in [0.29, 0.717) is 5.69 Å². The van der Waals surface area contributed by atoms with E-state index in [2.05, 4.69) is 12.2 Å². The first-order valence-electron chi connectivity index (χ1n) is 10.4. The van der Waals surface area contributed by atoms with Crippen LogP contribution < -0.4 is 11.1 Å². The van der Waals surface area contributed by atoms with Gasteiger partial charge in [0.05, 0.1) is 5.02 Å². The largest absolute Gasteiger partial charge is 0.428 e. The predicted octanol–water partition coefficient (Wildman–Crippen LogP) is 4.37. The van der Waals surface area contributed by atoms with Gasteiger partial charge in [-0.2, -0.15) is 4.31 Å². The molecule has 3 N–H and O–H groups in total. The number of nitrogens with two attached hydrogens (primary N) is 1. The molecule has 2 aromatic rings. The summed E-state index contributed by atoms with van der Waals surface area (Å²) in [4.78, 5) is 12.4. The van der Waals surface area contributed by atoms with Crippen LogP contribution in [0.4, 0.5) is 10.5 Å². The van der Waals surface area contributed by atoms with Gasteiger partial charge in [-0.15, -0.1) is 0 Å². The smallest absolute Gasteiger partial charge is 0.413 e. The Balaban J connectivity index is 1.55. The molecule has 0 spiro atoms. The summed E-state index contributed by atoms with van der Waals surface area (Å²) in [7, 11) is -3.74. The van der Waals surface area contributed by atoms with E-state index in [4.69, 9.17) is 22.1 Å². The molecule has 1 heterocycles. The number of sulfonamides is 1. The first-order chi connectivity index (χ1) is 14.7. The second-order valence-corrected chi connectivity index (χ2v) is 10.0. The van der Waals surface area contributed by atoms with Gasteiger partial charge in [0.25, 0.3) is 0 Å². The molecule has 0 unspecified atom stereocenters. The summed E-state index contributed by atoms with van der Waals surface area (Å²) in [6.45, 7) is 2.40. The first-order valence-corrected chi connectivity index (χ1v) is 12.2. The molecule has 0 radical (unpaired) electrons. The molecule has 2 aromatic carbocycles. The number of halogens is 1. The van der Waals surface area contributed by atoms with Crippen LogP contribution >= 0.6 is 11.6 Å². The van der Waals surface area contributed by atoms with Crippen LogP contribution in [0.25, 0.3) is 0 Å². The molecule has 0 atom stereocenters. The third kappa shape index (κ3) is 5.98. The number of unbranched alkanes of at least 4 members (excludes halogenated alkanes) is 1. The van der Waals surface area contributed by atoms with Gasteiger partial charge in [0.1, 0.15) is 4.90 Å². The summed E-state index contributed by atoms with van der Waals surface area (Å²) in [6.07, 6.45) is 2.95. The number of rotatable bonds is 7. The van der Waals surface area contributed by atoms with Gasteiger partial charge in [-0.05, 0) is 42.7 Å². The summed E-state index contributed by atoms with van der Waals surface area (Å²) in [5.74, 6) is 0. The van der Waals surface area contributed by atoms with E-state index >= 15 is 0 Å². The number of carbonyl (C=O) groups excluding carboxylic acids is 1. The zero-order valence-electron chi connectivity index (χ0n) is 17.5. The van der Waals surface area contributed by atoms with Crippen LogP contribution in [0.3, 0.4) is 0 Å². The fourth-order valence-electron chi connectivity index (χ4n) is 3.46. The number of nitrogens with one attached hydrogen (secondary N) is 1. The minimum absolute atomic E-state index is 0.0576. The summed E-state index contributed by atoms with van der Waals surface area (Å²) >= 11 is 6.06. The molecule has 1 saturated heterocycles. The maximum Gasteiger partial charge on any atom is 0.413 e. The van der Waals surface area contributed by atoms with Crippen molar-refractivity contribution in [1.29, 1.82) is 0 Å². The molecular weight excluding hydrogens is 438 g/mol.